The Labute approximate surface area is 122 Å². The summed E-state index contributed by atoms with van der Waals surface area (Å²) in [7, 11) is 0. The van der Waals surface area contributed by atoms with Crippen LogP contribution in [0.5, 0.6) is 5.75 Å². The van der Waals surface area contributed by atoms with Gasteiger partial charge in [0.05, 0.1) is 0 Å². The van der Waals surface area contributed by atoms with Crippen molar-refractivity contribution < 1.29 is 19.1 Å². The molecule has 0 unspecified atom stereocenters. The fraction of sp³-hybridized carbons (Fsp3) is 0.400. The summed E-state index contributed by atoms with van der Waals surface area (Å²) in [6.45, 7) is 1.30. The predicted molar refractivity (Wildman–Crippen MR) is 75.5 cm³/mol. The molecule has 0 heterocycles. The van der Waals surface area contributed by atoms with E-state index in [1.165, 1.54) is 31.2 Å². The zero-order valence-electron chi connectivity index (χ0n) is 11.8. The molecule has 2 rings (SSSR count). The van der Waals surface area contributed by atoms with Crippen LogP contribution in [0.4, 0.5) is 0 Å². The van der Waals surface area contributed by atoms with Gasteiger partial charge in [-0.2, -0.15) is 0 Å². The summed E-state index contributed by atoms with van der Waals surface area (Å²) in [5.41, 5.74) is 5.69. The van der Waals surface area contributed by atoms with Gasteiger partial charge >= 0.3 is 5.97 Å². The first-order chi connectivity index (χ1) is 9.95. The van der Waals surface area contributed by atoms with E-state index in [-0.39, 0.29) is 5.91 Å². The fourth-order valence-electron chi connectivity index (χ4n) is 2.01. The van der Waals surface area contributed by atoms with Crippen molar-refractivity contribution in [2.24, 2.45) is 11.7 Å². The fourth-order valence-corrected chi connectivity index (χ4v) is 2.01. The first kappa shape index (κ1) is 15.0. The SMILES string of the molecule is CC(=O)Oc1ccc(C(=O)N[C@@H](CC2CC2)C(N)=O)cc1. The van der Waals surface area contributed by atoms with Crippen LogP contribution in [0.2, 0.25) is 0 Å². The summed E-state index contributed by atoms with van der Waals surface area (Å²) in [6, 6.07) is 5.47. The van der Waals surface area contributed by atoms with Crippen molar-refractivity contribution in [3.8, 4) is 5.75 Å². The van der Waals surface area contributed by atoms with Gasteiger partial charge in [0.25, 0.3) is 5.91 Å². The van der Waals surface area contributed by atoms with Gasteiger partial charge in [-0.15, -0.1) is 0 Å². The van der Waals surface area contributed by atoms with E-state index in [1.807, 2.05) is 0 Å². The molecule has 1 saturated carbocycles. The lowest BCUT2D eigenvalue weighted by Gasteiger charge is -2.15. The van der Waals surface area contributed by atoms with Gasteiger partial charge in [0, 0.05) is 12.5 Å². The Bertz CT molecular complexity index is 549. The van der Waals surface area contributed by atoms with Crippen LogP contribution in [0.3, 0.4) is 0 Å². The van der Waals surface area contributed by atoms with Crippen LogP contribution < -0.4 is 15.8 Å². The van der Waals surface area contributed by atoms with E-state index in [0.29, 0.717) is 23.7 Å². The summed E-state index contributed by atoms with van der Waals surface area (Å²) in [5.74, 6) is -0.469. The van der Waals surface area contributed by atoms with E-state index in [1.54, 1.807) is 0 Å². The minimum absolute atomic E-state index is 0.364. The van der Waals surface area contributed by atoms with Crippen LogP contribution in [-0.4, -0.2) is 23.8 Å². The minimum atomic E-state index is -0.641. The van der Waals surface area contributed by atoms with E-state index in [0.717, 1.165) is 12.8 Å². The molecule has 1 aromatic carbocycles. The predicted octanol–water partition coefficient (Wildman–Crippen LogP) is 0.996. The number of carbonyl (C=O) groups is 3. The molecule has 1 aliphatic carbocycles. The molecule has 0 radical (unpaired) electrons. The highest BCUT2D eigenvalue weighted by molar-refractivity contribution is 5.97. The second kappa shape index (κ2) is 6.39. The third-order valence-electron chi connectivity index (χ3n) is 3.29. The molecule has 0 spiro atoms. The summed E-state index contributed by atoms with van der Waals surface area (Å²) >= 11 is 0. The smallest absolute Gasteiger partial charge is 0.308 e. The van der Waals surface area contributed by atoms with Gasteiger partial charge < -0.3 is 15.8 Å². The standard InChI is InChI=1S/C15H18N2O4/c1-9(18)21-12-6-4-11(5-7-12)15(20)17-13(14(16)19)8-10-2-3-10/h4-7,10,13H,2-3,8H2,1H3,(H2,16,19)(H,17,20)/t13-/m0/s1. The first-order valence-electron chi connectivity index (χ1n) is 6.84. The van der Waals surface area contributed by atoms with Crippen molar-refractivity contribution >= 4 is 17.8 Å². The summed E-state index contributed by atoms with van der Waals surface area (Å²) in [6.07, 6.45) is 2.75. The Balaban J connectivity index is 1.97. The highest BCUT2D eigenvalue weighted by atomic mass is 16.5. The molecule has 112 valence electrons. The van der Waals surface area contributed by atoms with Crippen LogP contribution in [0.1, 0.15) is 36.5 Å². The number of benzene rings is 1. The second-order valence-corrected chi connectivity index (χ2v) is 5.23. The number of amides is 2. The number of hydrogen-bond acceptors (Lipinski definition) is 4. The lowest BCUT2D eigenvalue weighted by molar-refractivity contribution is -0.131. The molecule has 21 heavy (non-hydrogen) atoms. The molecule has 1 aromatic rings. The van der Waals surface area contributed by atoms with Crippen molar-refractivity contribution in [1.29, 1.82) is 0 Å². The van der Waals surface area contributed by atoms with Gasteiger partial charge in [-0.1, -0.05) is 12.8 Å². The Hall–Kier alpha value is -2.37. The van der Waals surface area contributed by atoms with Crippen molar-refractivity contribution in [2.75, 3.05) is 0 Å². The largest absolute Gasteiger partial charge is 0.427 e. The topological polar surface area (TPSA) is 98.5 Å². The third-order valence-corrected chi connectivity index (χ3v) is 3.29. The zero-order chi connectivity index (χ0) is 15.4. The van der Waals surface area contributed by atoms with Crippen molar-refractivity contribution in [2.45, 2.75) is 32.2 Å². The monoisotopic (exact) mass is 290 g/mol. The maximum Gasteiger partial charge on any atom is 0.308 e. The molecular formula is C15H18N2O4. The Morgan fingerprint density at radius 1 is 1.29 bits per heavy atom. The van der Waals surface area contributed by atoms with Crippen LogP contribution in [0.25, 0.3) is 0 Å². The quantitative estimate of drug-likeness (QED) is 0.603. The van der Waals surface area contributed by atoms with Gasteiger partial charge in [0.2, 0.25) is 5.91 Å². The van der Waals surface area contributed by atoms with E-state index >= 15 is 0 Å². The number of rotatable bonds is 6. The summed E-state index contributed by atoms with van der Waals surface area (Å²) in [5, 5.41) is 2.64. The number of nitrogens with one attached hydrogen (secondary N) is 1. The Morgan fingerprint density at radius 3 is 2.38 bits per heavy atom. The number of nitrogens with two attached hydrogens (primary N) is 1. The van der Waals surface area contributed by atoms with Gasteiger partial charge in [0.15, 0.2) is 0 Å². The molecule has 6 nitrogen and oxygen atoms in total. The third kappa shape index (κ3) is 4.59. The number of primary amides is 1. The highest BCUT2D eigenvalue weighted by Gasteiger charge is 2.29. The molecule has 1 aliphatic rings. The van der Waals surface area contributed by atoms with E-state index in [2.05, 4.69) is 5.32 Å². The van der Waals surface area contributed by atoms with Gasteiger partial charge in [-0.25, -0.2) is 0 Å². The van der Waals surface area contributed by atoms with Gasteiger partial charge in [-0.05, 0) is 36.6 Å². The highest BCUT2D eigenvalue weighted by Crippen LogP contribution is 2.33. The average molecular weight is 290 g/mol. The molecular weight excluding hydrogens is 272 g/mol. The van der Waals surface area contributed by atoms with E-state index < -0.39 is 17.9 Å². The lowest BCUT2D eigenvalue weighted by Crippen LogP contribution is -2.44. The molecule has 0 bridgehead atoms. The van der Waals surface area contributed by atoms with E-state index in [9.17, 15) is 14.4 Å². The Kier molecular flexibility index (Phi) is 4.57. The van der Waals surface area contributed by atoms with Gasteiger partial charge in [0.1, 0.15) is 11.8 Å². The van der Waals surface area contributed by atoms with Crippen molar-refractivity contribution in [1.82, 2.24) is 5.32 Å². The van der Waals surface area contributed by atoms with Crippen LogP contribution in [0, 0.1) is 5.92 Å². The Morgan fingerprint density at radius 2 is 1.90 bits per heavy atom. The molecule has 0 aliphatic heterocycles. The number of hydrogen-bond donors (Lipinski definition) is 2. The van der Waals surface area contributed by atoms with E-state index in [4.69, 9.17) is 10.5 Å². The minimum Gasteiger partial charge on any atom is -0.427 e. The molecule has 0 saturated heterocycles. The summed E-state index contributed by atoms with van der Waals surface area (Å²) < 4.78 is 4.88. The number of esters is 1. The maximum absolute atomic E-state index is 12.1. The normalized spacial score (nSPS) is 15.1. The molecule has 2 amide bonds. The van der Waals surface area contributed by atoms with Crippen LogP contribution in [0.15, 0.2) is 24.3 Å². The van der Waals surface area contributed by atoms with Crippen LogP contribution in [-0.2, 0) is 9.59 Å². The lowest BCUT2D eigenvalue weighted by atomic mass is 10.1. The molecule has 0 aromatic heterocycles. The van der Waals surface area contributed by atoms with Crippen molar-refractivity contribution in [3.63, 3.8) is 0 Å². The van der Waals surface area contributed by atoms with Crippen LogP contribution >= 0.6 is 0 Å². The second-order valence-electron chi connectivity index (χ2n) is 5.23. The first-order valence-corrected chi connectivity index (χ1v) is 6.84. The maximum atomic E-state index is 12.1. The van der Waals surface area contributed by atoms with Gasteiger partial charge in [-0.3, -0.25) is 14.4 Å². The molecule has 3 N–H and O–H groups in total. The zero-order valence-corrected chi connectivity index (χ0v) is 11.8. The van der Waals surface area contributed by atoms with Crippen molar-refractivity contribution in [3.05, 3.63) is 29.8 Å². The number of ether oxygens (including phenoxy) is 1. The number of carbonyl (C=O) groups excluding carboxylic acids is 3. The average Bonchev–Trinajstić information content (AvgIpc) is 3.22. The molecule has 1 fully saturated rings. The molecule has 6 heteroatoms. The molecule has 1 atom stereocenters. The summed E-state index contributed by atoms with van der Waals surface area (Å²) in [4.78, 5) is 34.2.